The first kappa shape index (κ1) is 18.7. The number of hydrogen-bond donors (Lipinski definition) is 2. The van der Waals surface area contributed by atoms with Gasteiger partial charge < -0.3 is 16.0 Å². The Morgan fingerprint density at radius 2 is 2.04 bits per heavy atom. The van der Waals surface area contributed by atoms with E-state index >= 15 is 0 Å². The summed E-state index contributed by atoms with van der Waals surface area (Å²) < 4.78 is 38.6. The van der Waals surface area contributed by atoms with Crippen molar-refractivity contribution in [2.75, 3.05) is 13.1 Å². The van der Waals surface area contributed by atoms with Crippen molar-refractivity contribution in [1.29, 1.82) is 0 Å². The van der Waals surface area contributed by atoms with Crippen LogP contribution in [0.25, 0.3) is 0 Å². The molecule has 1 aliphatic heterocycles. The summed E-state index contributed by atoms with van der Waals surface area (Å²) in [7, 11) is 0. The molecule has 3 rings (SSSR count). The number of carbonyl (C=O) groups excluding carboxylic acids is 2. The molecule has 1 aliphatic carbocycles. The standard InChI is InChI=1S/C16H22F3N5O2/c1-9(25)23-5-11(20)4-12(6-23)21-15(26)13-7-24(8-16(17,18)19)22-14(13)10-2-3-10/h7,10-12H,2-6,8,20H2,1H3,(H,21,26)/t11-,12+/m1/s1. The second-order valence-electron chi connectivity index (χ2n) is 7.11. The van der Waals surface area contributed by atoms with Gasteiger partial charge in [0.15, 0.2) is 0 Å². The van der Waals surface area contributed by atoms with Gasteiger partial charge in [0, 0.05) is 44.2 Å². The normalized spacial score (nSPS) is 23.8. The Kier molecular flexibility index (Phi) is 4.96. The monoisotopic (exact) mass is 373 g/mol. The highest BCUT2D eigenvalue weighted by Crippen LogP contribution is 2.41. The molecule has 2 atom stereocenters. The summed E-state index contributed by atoms with van der Waals surface area (Å²) in [6.07, 6.45) is -1.11. The van der Waals surface area contributed by atoms with Crippen LogP contribution in [-0.4, -0.2) is 57.8 Å². The van der Waals surface area contributed by atoms with E-state index in [2.05, 4.69) is 10.4 Å². The van der Waals surface area contributed by atoms with Crippen LogP contribution in [0.1, 0.15) is 48.2 Å². The van der Waals surface area contributed by atoms with E-state index < -0.39 is 18.6 Å². The lowest BCUT2D eigenvalue weighted by Crippen LogP contribution is -2.56. The van der Waals surface area contributed by atoms with Crippen molar-refractivity contribution in [3.05, 3.63) is 17.5 Å². The van der Waals surface area contributed by atoms with Gasteiger partial charge in [-0.15, -0.1) is 0 Å². The molecule has 1 aromatic rings. The highest BCUT2D eigenvalue weighted by Gasteiger charge is 2.35. The van der Waals surface area contributed by atoms with Crippen LogP contribution in [0.4, 0.5) is 13.2 Å². The third-order valence-corrected chi connectivity index (χ3v) is 4.60. The van der Waals surface area contributed by atoms with Gasteiger partial charge in [0.05, 0.1) is 11.3 Å². The molecule has 26 heavy (non-hydrogen) atoms. The summed E-state index contributed by atoms with van der Waals surface area (Å²) >= 11 is 0. The summed E-state index contributed by atoms with van der Waals surface area (Å²) in [5, 5.41) is 6.78. The maximum atomic E-state index is 12.6. The lowest BCUT2D eigenvalue weighted by molar-refractivity contribution is -0.142. The number of nitrogens with one attached hydrogen (secondary N) is 1. The summed E-state index contributed by atoms with van der Waals surface area (Å²) in [6, 6.07) is -0.595. The van der Waals surface area contributed by atoms with E-state index in [1.807, 2.05) is 0 Å². The maximum Gasteiger partial charge on any atom is 0.408 e. The van der Waals surface area contributed by atoms with Crippen LogP contribution in [0.5, 0.6) is 0 Å². The molecule has 10 heteroatoms. The van der Waals surface area contributed by atoms with Gasteiger partial charge in [0.25, 0.3) is 5.91 Å². The Labute approximate surface area is 148 Å². The van der Waals surface area contributed by atoms with E-state index in [1.165, 1.54) is 6.92 Å². The van der Waals surface area contributed by atoms with Gasteiger partial charge in [-0.3, -0.25) is 14.3 Å². The van der Waals surface area contributed by atoms with Gasteiger partial charge in [0.2, 0.25) is 5.91 Å². The van der Waals surface area contributed by atoms with Gasteiger partial charge >= 0.3 is 6.18 Å². The van der Waals surface area contributed by atoms with Crippen LogP contribution in [-0.2, 0) is 11.3 Å². The van der Waals surface area contributed by atoms with E-state index in [-0.39, 0.29) is 29.5 Å². The number of piperidine rings is 1. The Bertz CT molecular complexity index is 699. The predicted octanol–water partition coefficient (Wildman–Crippen LogP) is 1.00. The van der Waals surface area contributed by atoms with Crippen molar-refractivity contribution >= 4 is 11.8 Å². The van der Waals surface area contributed by atoms with Crippen LogP contribution in [0.2, 0.25) is 0 Å². The molecule has 2 heterocycles. The highest BCUT2D eigenvalue weighted by molar-refractivity contribution is 5.95. The molecule has 2 amide bonds. The van der Waals surface area contributed by atoms with Crippen LogP contribution in [0, 0.1) is 0 Å². The summed E-state index contributed by atoms with van der Waals surface area (Å²) in [5.41, 5.74) is 6.53. The molecule has 1 saturated heterocycles. The smallest absolute Gasteiger partial charge is 0.347 e. The van der Waals surface area contributed by atoms with Crippen LogP contribution in [0.15, 0.2) is 6.20 Å². The molecule has 2 fully saturated rings. The number of carbonyl (C=O) groups is 2. The second kappa shape index (κ2) is 6.90. The Balaban J connectivity index is 1.73. The number of hydrogen-bond acceptors (Lipinski definition) is 4. The molecule has 144 valence electrons. The van der Waals surface area contributed by atoms with Crippen LogP contribution >= 0.6 is 0 Å². The zero-order valence-electron chi connectivity index (χ0n) is 14.4. The molecule has 0 spiro atoms. The number of nitrogens with two attached hydrogens (primary N) is 1. The fourth-order valence-electron chi connectivity index (χ4n) is 3.30. The minimum Gasteiger partial charge on any atom is -0.347 e. The lowest BCUT2D eigenvalue weighted by atomic mass is 10.0. The van der Waals surface area contributed by atoms with Gasteiger partial charge in [-0.1, -0.05) is 0 Å². The number of rotatable bonds is 4. The number of nitrogens with zero attached hydrogens (tertiary/aromatic N) is 3. The van der Waals surface area contributed by atoms with E-state index in [4.69, 9.17) is 5.73 Å². The molecule has 0 radical (unpaired) electrons. The van der Waals surface area contributed by atoms with E-state index in [0.717, 1.165) is 23.7 Å². The minimum atomic E-state index is -4.40. The second-order valence-corrected chi connectivity index (χ2v) is 7.11. The molecule has 1 saturated carbocycles. The molecule has 7 nitrogen and oxygen atoms in total. The maximum absolute atomic E-state index is 12.6. The zero-order chi connectivity index (χ0) is 19.1. The fourth-order valence-corrected chi connectivity index (χ4v) is 3.30. The van der Waals surface area contributed by atoms with Gasteiger partial charge in [-0.25, -0.2) is 0 Å². The van der Waals surface area contributed by atoms with E-state index in [9.17, 15) is 22.8 Å². The van der Waals surface area contributed by atoms with Crippen molar-refractivity contribution in [1.82, 2.24) is 20.0 Å². The number of alkyl halides is 3. The summed E-state index contributed by atoms with van der Waals surface area (Å²) in [5.74, 6) is -0.563. The number of likely N-dealkylation sites (tertiary alicyclic amines) is 1. The third kappa shape index (κ3) is 4.54. The molecule has 3 N–H and O–H groups in total. The quantitative estimate of drug-likeness (QED) is 0.824. The van der Waals surface area contributed by atoms with Crippen molar-refractivity contribution in [3.63, 3.8) is 0 Å². The van der Waals surface area contributed by atoms with Crippen molar-refractivity contribution in [3.8, 4) is 0 Å². The summed E-state index contributed by atoms with van der Waals surface area (Å²) in [6.45, 7) is 0.971. The van der Waals surface area contributed by atoms with Gasteiger partial charge in [0.1, 0.15) is 6.54 Å². The largest absolute Gasteiger partial charge is 0.408 e. The minimum absolute atomic E-state index is 0.0348. The topological polar surface area (TPSA) is 93.3 Å². The SMILES string of the molecule is CC(=O)N1C[C@H](N)C[C@H](NC(=O)c2cn(CC(F)(F)F)nc2C2CC2)C1. The van der Waals surface area contributed by atoms with E-state index in [0.29, 0.717) is 25.2 Å². The molecule has 0 unspecified atom stereocenters. The van der Waals surface area contributed by atoms with Gasteiger partial charge in [-0.05, 0) is 19.3 Å². The molecule has 2 aliphatic rings. The average Bonchev–Trinajstić information content (AvgIpc) is 3.26. The summed E-state index contributed by atoms with van der Waals surface area (Å²) in [4.78, 5) is 25.8. The first-order valence-corrected chi connectivity index (χ1v) is 8.58. The molecular formula is C16H22F3N5O2. The van der Waals surface area contributed by atoms with Crippen molar-refractivity contribution in [2.24, 2.45) is 5.73 Å². The zero-order valence-corrected chi connectivity index (χ0v) is 14.4. The first-order valence-electron chi connectivity index (χ1n) is 8.58. The number of halogens is 3. The van der Waals surface area contributed by atoms with Gasteiger partial charge in [-0.2, -0.15) is 18.3 Å². The Hall–Kier alpha value is -2.10. The molecular weight excluding hydrogens is 351 g/mol. The van der Waals surface area contributed by atoms with E-state index in [1.54, 1.807) is 4.90 Å². The first-order chi connectivity index (χ1) is 12.1. The fraction of sp³-hybridized carbons (Fsp3) is 0.688. The van der Waals surface area contributed by atoms with Crippen LogP contribution in [0.3, 0.4) is 0 Å². The van der Waals surface area contributed by atoms with Crippen molar-refractivity contribution < 1.29 is 22.8 Å². The lowest BCUT2D eigenvalue weighted by Gasteiger charge is -2.36. The van der Waals surface area contributed by atoms with Crippen molar-refractivity contribution in [2.45, 2.75) is 56.9 Å². The molecule has 0 bridgehead atoms. The molecule has 1 aromatic heterocycles. The Morgan fingerprint density at radius 3 is 2.62 bits per heavy atom. The Morgan fingerprint density at radius 1 is 1.35 bits per heavy atom. The predicted molar refractivity (Wildman–Crippen MR) is 86.4 cm³/mol. The number of amides is 2. The number of aromatic nitrogens is 2. The highest BCUT2D eigenvalue weighted by atomic mass is 19.4. The molecule has 0 aromatic carbocycles. The third-order valence-electron chi connectivity index (χ3n) is 4.60. The van der Waals surface area contributed by atoms with Crippen LogP contribution < -0.4 is 11.1 Å². The average molecular weight is 373 g/mol.